The van der Waals surface area contributed by atoms with Gasteiger partial charge in [0.25, 0.3) is 0 Å². The minimum atomic E-state index is -0.0328. The van der Waals surface area contributed by atoms with Crippen LogP contribution in [0.25, 0.3) is 6.08 Å². The summed E-state index contributed by atoms with van der Waals surface area (Å²) in [6.45, 7) is 9.52. The quantitative estimate of drug-likeness (QED) is 0.779. The lowest BCUT2D eigenvalue weighted by Gasteiger charge is -2.10. The highest BCUT2D eigenvalue weighted by molar-refractivity contribution is 6.31. The molecule has 0 aromatic carbocycles. The largest absolute Gasteiger partial charge is 0.343 e. The number of halogens is 1. The van der Waals surface area contributed by atoms with Gasteiger partial charge in [0.2, 0.25) is 5.91 Å². The summed E-state index contributed by atoms with van der Waals surface area (Å²) in [5.41, 5.74) is 1.66. The van der Waals surface area contributed by atoms with Crippen LogP contribution in [-0.4, -0.2) is 34.2 Å². The van der Waals surface area contributed by atoms with Crippen LogP contribution in [0.5, 0.6) is 0 Å². The highest BCUT2D eigenvalue weighted by Gasteiger charge is 2.12. The third kappa shape index (κ3) is 4.10. The molecule has 1 amide bonds. The van der Waals surface area contributed by atoms with Crippen molar-refractivity contribution in [2.24, 2.45) is 5.92 Å². The molecule has 0 saturated carbocycles. The Hall–Kier alpha value is -1.29. The van der Waals surface area contributed by atoms with E-state index in [0.29, 0.717) is 17.6 Å². The van der Waals surface area contributed by atoms with Crippen LogP contribution in [0.2, 0.25) is 5.15 Å². The fourth-order valence-electron chi connectivity index (χ4n) is 1.66. The number of amides is 1. The van der Waals surface area contributed by atoms with Gasteiger partial charge >= 0.3 is 0 Å². The summed E-state index contributed by atoms with van der Waals surface area (Å²) in [6.07, 6.45) is 3.29. The number of hydrogen-bond donors (Lipinski definition) is 0. The molecule has 0 aliphatic heterocycles. The molecule has 0 atom stereocenters. The van der Waals surface area contributed by atoms with E-state index in [1.807, 2.05) is 13.8 Å². The Kier molecular flexibility index (Phi) is 5.60. The van der Waals surface area contributed by atoms with Gasteiger partial charge in [0.1, 0.15) is 5.15 Å². The van der Waals surface area contributed by atoms with Gasteiger partial charge in [-0.25, -0.2) is 0 Å². The minimum absolute atomic E-state index is 0.0328. The molecule has 0 saturated heterocycles. The first kappa shape index (κ1) is 15.8. The van der Waals surface area contributed by atoms with Gasteiger partial charge in [-0.2, -0.15) is 5.10 Å². The van der Waals surface area contributed by atoms with Gasteiger partial charge in [0, 0.05) is 31.8 Å². The number of rotatable bonds is 5. The maximum absolute atomic E-state index is 11.7. The Morgan fingerprint density at radius 2 is 2.16 bits per heavy atom. The Bertz CT molecular complexity index is 477. The molecule has 0 N–H and O–H groups in total. The lowest BCUT2D eigenvalue weighted by atomic mass is 10.2. The summed E-state index contributed by atoms with van der Waals surface area (Å²) < 4.78 is 1.79. The molecule has 1 aromatic heterocycles. The second-order valence-corrected chi connectivity index (χ2v) is 5.41. The molecule has 106 valence electrons. The first-order valence-corrected chi connectivity index (χ1v) is 6.90. The molecule has 0 spiro atoms. The summed E-state index contributed by atoms with van der Waals surface area (Å²) in [5, 5.41) is 4.99. The fraction of sp³-hybridized carbons (Fsp3) is 0.571. The van der Waals surface area contributed by atoms with Crippen molar-refractivity contribution in [1.82, 2.24) is 14.7 Å². The molecule has 0 aliphatic rings. The van der Waals surface area contributed by atoms with Crippen molar-refractivity contribution in [3.63, 3.8) is 0 Å². The first-order valence-electron chi connectivity index (χ1n) is 6.52. The molecule has 4 nitrogen and oxygen atoms in total. The smallest absolute Gasteiger partial charge is 0.246 e. The number of carbonyl (C=O) groups is 1. The summed E-state index contributed by atoms with van der Waals surface area (Å²) in [6, 6.07) is 0. The van der Waals surface area contributed by atoms with Gasteiger partial charge in [-0.3, -0.25) is 9.48 Å². The topological polar surface area (TPSA) is 38.1 Å². The lowest BCUT2D eigenvalue weighted by Crippen LogP contribution is -2.23. The number of carbonyl (C=O) groups excluding carboxylic acids is 1. The van der Waals surface area contributed by atoms with Crippen molar-refractivity contribution in [3.05, 3.63) is 22.5 Å². The number of aryl methyl sites for hydroxylation is 1. The normalized spacial score (nSPS) is 11.5. The maximum Gasteiger partial charge on any atom is 0.246 e. The zero-order chi connectivity index (χ0) is 14.6. The van der Waals surface area contributed by atoms with Crippen molar-refractivity contribution in [2.75, 3.05) is 13.6 Å². The molecule has 0 fully saturated rings. The van der Waals surface area contributed by atoms with Crippen molar-refractivity contribution < 1.29 is 4.79 Å². The standard InChI is InChI=1S/C14H22ClN3O/c1-6-17(5)13(19)8-7-12-11(4)16-18(14(12)15)9-10(2)3/h7-8,10H,6,9H2,1-5H3/b8-7+. The van der Waals surface area contributed by atoms with Gasteiger partial charge in [0.05, 0.1) is 5.69 Å². The predicted molar refractivity (Wildman–Crippen MR) is 79.2 cm³/mol. The van der Waals surface area contributed by atoms with E-state index in [0.717, 1.165) is 17.8 Å². The van der Waals surface area contributed by atoms with Crippen molar-refractivity contribution >= 4 is 23.6 Å². The molecule has 19 heavy (non-hydrogen) atoms. The highest BCUT2D eigenvalue weighted by Crippen LogP contribution is 2.22. The molecular weight excluding hydrogens is 262 g/mol. The van der Waals surface area contributed by atoms with E-state index in [-0.39, 0.29) is 5.91 Å². The summed E-state index contributed by atoms with van der Waals surface area (Å²) in [4.78, 5) is 13.4. The van der Waals surface area contributed by atoms with E-state index < -0.39 is 0 Å². The summed E-state index contributed by atoms with van der Waals surface area (Å²) in [5.74, 6) is 0.441. The number of aromatic nitrogens is 2. The van der Waals surface area contributed by atoms with Gasteiger partial charge < -0.3 is 4.90 Å². The van der Waals surface area contributed by atoms with E-state index in [1.165, 1.54) is 0 Å². The third-order valence-corrected chi connectivity index (χ3v) is 3.29. The van der Waals surface area contributed by atoms with E-state index in [9.17, 15) is 4.79 Å². The SMILES string of the molecule is CCN(C)C(=O)/C=C/c1c(C)nn(CC(C)C)c1Cl. The van der Waals surface area contributed by atoms with Crippen LogP contribution in [0, 0.1) is 12.8 Å². The van der Waals surface area contributed by atoms with Gasteiger partial charge in [-0.05, 0) is 25.8 Å². The van der Waals surface area contributed by atoms with Gasteiger partial charge in [-0.15, -0.1) is 0 Å². The summed E-state index contributed by atoms with van der Waals surface area (Å²) in [7, 11) is 1.77. The zero-order valence-corrected chi connectivity index (χ0v) is 13.0. The number of hydrogen-bond acceptors (Lipinski definition) is 2. The first-order chi connectivity index (χ1) is 8.86. The maximum atomic E-state index is 11.7. The monoisotopic (exact) mass is 283 g/mol. The van der Waals surface area contributed by atoms with Crippen molar-refractivity contribution in [1.29, 1.82) is 0 Å². The molecule has 1 heterocycles. The van der Waals surface area contributed by atoms with E-state index in [2.05, 4.69) is 18.9 Å². The second-order valence-electron chi connectivity index (χ2n) is 5.05. The van der Waals surface area contributed by atoms with Gasteiger partial charge in [-0.1, -0.05) is 25.4 Å². The molecule has 5 heteroatoms. The second kappa shape index (κ2) is 6.75. The van der Waals surface area contributed by atoms with Crippen LogP contribution in [0.3, 0.4) is 0 Å². The Morgan fingerprint density at radius 1 is 1.53 bits per heavy atom. The lowest BCUT2D eigenvalue weighted by molar-refractivity contribution is -0.124. The van der Waals surface area contributed by atoms with Crippen LogP contribution in [-0.2, 0) is 11.3 Å². The van der Waals surface area contributed by atoms with E-state index >= 15 is 0 Å². The molecule has 0 bridgehead atoms. The average Bonchev–Trinajstić information content (AvgIpc) is 2.60. The zero-order valence-electron chi connectivity index (χ0n) is 12.3. The van der Waals surface area contributed by atoms with Crippen LogP contribution in [0.4, 0.5) is 0 Å². The molecule has 1 rings (SSSR count). The van der Waals surface area contributed by atoms with Crippen LogP contribution >= 0.6 is 11.6 Å². The molecule has 0 unspecified atom stereocenters. The van der Waals surface area contributed by atoms with Crippen LogP contribution < -0.4 is 0 Å². The van der Waals surface area contributed by atoms with E-state index in [1.54, 1.807) is 28.8 Å². The van der Waals surface area contributed by atoms with Gasteiger partial charge in [0.15, 0.2) is 0 Å². The molecule has 0 radical (unpaired) electrons. The molecular formula is C14H22ClN3O. The number of likely N-dealkylation sites (N-methyl/N-ethyl adjacent to an activating group) is 1. The van der Waals surface area contributed by atoms with Crippen LogP contribution in [0.1, 0.15) is 32.0 Å². The molecule has 0 aliphatic carbocycles. The molecule has 1 aromatic rings. The van der Waals surface area contributed by atoms with Crippen LogP contribution in [0.15, 0.2) is 6.08 Å². The third-order valence-electron chi connectivity index (χ3n) is 2.89. The van der Waals surface area contributed by atoms with Crippen molar-refractivity contribution in [3.8, 4) is 0 Å². The average molecular weight is 284 g/mol. The van der Waals surface area contributed by atoms with E-state index in [4.69, 9.17) is 11.6 Å². The Labute approximate surface area is 120 Å². The predicted octanol–water partition coefficient (Wildman–Crippen LogP) is 2.99. The fourth-order valence-corrected chi connectivity index (χ4v) is 1.97. The minimum Gasteiger partial charge on any atom is -0.343 e. The van der Waals surface area contributed by atoms with Crippen molar-refractivity contribution in [2.45, 2.75) is 34.2 Å². The summed E-state index contributed by atoms with van der Waals surface area (Å²) >= 11 is 6.29. The highest BCUT2D eigenvalue weighted by atomic mass is 35.5. The number of nitrogens with zero attached hydrogens (tertiary/aromatic N) is 3. The Morgan fingerprint density at radius 3 is 2.68 bits per heavy atom. The Balaban J connectivity index is 2.93.